The minimum atomic E-state index is 0.852. The van der Waals surface area contributed by atoms with E-state index in [1.54, 1.807) is 0 Å². The highest BCUT2D eigenvalue weighted by Gasteiger charge is 2.23. The first kappa shape index (κ1) is 13.4. The number of nitrogens with zero attached hydrogens (tertiary/aromatic N) is 2. The van der Waals surface area contributed by atoms with E-state index >= 15 is 0 Å². The van der Waals surface area contributed by atoms with E-state index in [4.69, 9.17) is 0 Å². The molecular formula is C17H23N3. The molecule has 3 heteroatoms. The van der Waals surface area contributed by atoms with E-state index in [0.717, 1.165) is 25.6 Å². The number of aryl methyl sites for hydroxylation is 1. The van der Waals surface area contributed by atoms with Gasteiger partial charge in [0.25, 0.3) is 0 Å². The second kappa shape index (κ2) is 6.71. The number of benzene rings is 1. The number of aromatic nitrogens is 2. The maximum Gasteiger partial charge on any atom is 0.0945 e. The van der Waals surface area contributed by atoms with Gasteiger partial charge >= 0.3 is 0 Å². The third-order valence-corrected chi connectivity index (χ3v) is 3.91. The Kier molecular flexibility index (Phi) is 4.49. The minimum Gasteiger partial charge on any atom is -0.337 e. The van der Waals surface area contributed by atoms with Crippen molar-refractivity contribution >= 4 is 0 Å². The second-order valence-corrected chi connectivity index (χ2v) is 5.70. The molecule has 0 spiro atoms. The number of hydrogen-bond acceptors (Lipinski definition) is 2. The summed E-state index contributed by atoms with van der Waals surface area (Å²) in [6.45, 7) is 3.15. The van der Waals surface area contributed by atoms with Gasteiger partial charge < -0.3 is 9.88 Å². The third kappa shape index (κ3) is 3.94. The molecule has 0 radical (unpaired) electrons. The molecule has 1 aromatic carbocycles. The van der Waals surface area contributed by atoms with Gasteiger partial charge in [0.15, 0.2) is 0 Å². The fraction of sp³-hybridized carbons (Fsp3) is 0.471. The summed E-state index contributed by atoms with van der Waals surface area (Å²) < 4.78 is 2.14. The van der Waals surface area contributed by atoms with Gasteiger partial charge in [0.2, 0.25) is 0 Å². The highest BCUT2D eigenvalue weighted by molar-refractivity contribution is 5.29. The Hall–Kier alpha value is -1.61. The van der Waals surface area contributed by atoms with Gasteiger partial charge in [-0.05, 0) is 49.3 Å². The molecule has 0 bridgehead atoms. The topological polar surface area (TPSA) is 29.9 Å². The lowest BCUT2D eigenvalue weighted by atomic mass is 10.1. The molecule has 1 N–H and O–H groups in total. The Morgan fingerprint density at radius 2 is 2.20 bits per heavy atom. The zero-order valence-corrected chi connectivity index (χ0v) is 12.0. The molecular weight excluding hydrogens is 246 g/mol. The Bertz CT molecular complexity index is 515. The summed E-state index contributed by atoms with van der Waals surface area (Å²) >= 11 is 0. The van der Waals surface area contributed by atoms with Gasteiger partial charge in [0.05, 0.1) is 6.33 Å². The summed E-state index contributed by atoms with van der Waals surface area (Å²) in [6, 6.07) is 9.07. The van der Waals surface area contributed by atoms with Gasteiger partial charge in [-0.15, -0.1) is 0 Å². The highest BCUT2D eigenvalue weighted by Crippen LogP contribution is 2.40. The van der Waals surface area contributed by atoms with Crippen LogP contribution in [0, 0.1) is 0 Å². The largest absolute Gasteiger partial charge is 0.337 e. The molecule has 3 nitrogen and oxygen atoms in total. The maximum atomic E-state index is 4.05. The Balaban J connectivity index is 1.32. The fourth-order valence-corrected chi connectivity index (χ4v) is 2.57. The predicted octanol–water partition coefficient (Wildman–Crippen LogP) is 3.33. The maximum absolute atomic E-state index is 4.05. The van der Waals surface area contributed by atoms with E-state index in [0.29, 0.717) is 0 Å². The molecule has 1 aromatic heterocycles. The van der Waals surface area contributed by atoms with Crippen LogP contribution in [0.3, 0.4) is 0 Å². The molecule has 0 amide bonds. The summed E-state index contributed by atoms with van der Waals surface area (Å²) in [6.07, 6.45) is 10.9. The van der Waals surface area contributed by atoms with Crippen molar-refractivity contribution in [3.05, 3.63) is 54.1 Å². The fourth-order valence-electron chi connectivity index (χ4n) is 2.57. The van der Waals surface area contributed by atoms with Gasteiger partial charge in [0.1, 0.15) is 0 Å². The molecule has 0 saturated heterocycles. The highest BCUT2D eigenvalue weighted by atomic mass is 15.0. The van der Waals surface area contributed by atoms with Crippen molar-refractivity contribution in [2.75, 3.05) is 6.54 Å². The number of rotatable bonds is 8. The van der Waals surface area contributed by atoms with Gasteiger partial charge in [-0.25, -0.2) is 4.98 Å². The predicted molar refractivity (Wildman–Crippen MR) is 81.6 cm³/mol. The van der Waals surface area contributed by atoms with Crippen molar-refractivity contribution in [3.8, 4) is 0 Å². The first-order chi connectivity index (χ1) is 9.92. The lowest BCUT2D eigenvalue weighted by Crippen LogP contribution is -2.15. The number of hydrogen-bond donors (Lipinski definition) is 1. The third-order valence-electron chi connectivity index (χ3n) is 3.91. The Morgan fingerprint density at radius 3 is 3.00 bits per heavy atom. The van der Waals surface area contributed by atoms with E-state index < -0.39 is 0 Å². The van der Waals surface area contributed by atoms with Crippen LogP contribution in [0.15, 0.2) is 43.0 Å². The first-order valence-corrected chi connectivity index (χ1v) is 7.67. The van der Waals surface area contributed by atoms with Gasteiger partial charge in [-0.1, -0.05) is 24.3 Å². The zero-order chi connectivity index (χ0) is 13.6. The average Bonchev–Trinajstić information content (AvgIpc) is 3.21. The zero-order valence-electron chi connectivity index (χ0n) is 12.0. The van der Waals surface area contributed by atoms with Crippen LogP contribution in [0.2, 0.25) is 0 Å². The lowest BCUT2D eigenvalue weighted by Gasteiger charge is -2.07. The number of unbranched alkanes of at least 4 members (excludes halogenated alkanes) is 1. The van der Waals surface area contributed by atoms with Crippen molar-refractivity contribution < 1.29 is 0 Å². The smallest absolute Gasteiger partial charge is 0.0945 e. The number of nitrogens with one attached hydrogen (secondary N) is 1. The Labute approximate surface area is 121 Å². The van der Waals surface area contributed by atoms with Crippen LogP contribution in [0.4, 0.5) is 0 Å². The molecule has 0 aliphatic heterocycles. The lowest BCUT2D eigenvalue weighted by molar-refractivity contribution is 0.568. The normalized spacial score (nSPS) is 14.6. The van der Waals surface area contributed by atoms with Crippen LogP contribution in [-0.4, -0.2) is 16.1 Å². The molecule has 1 saturated carbocycles. The summed E-state index contributed by atoms with van der Waals surface area (Å²) in [5.74, 6) is 0.852. The molecule has 1 heterocycles. The standard InChI is InChI=1S/C17H23N3/c1(2-10-20-11-9-19-14-20)8-18-13-15-4-3-5-17(12-15)16-6-7-16/h3-5,9,11-12,14,16,18H,1-2,6-8,10,13H2. The van der Waals surface area contributed by atoms with Crippen LogP contribution >= 0.6 is 0 Å². The van der Waals surface area contributed by atoms with Crippen molar-refractivity contribution in [3.63, 3.8) is 0 Å². The second-order valence-electron chi connectivity index (χ2n) is 5.70. The molecule has 1 aliphatic carbocycles. The average molecular weight is 269 g/mol. The molecule has 20 heavy (non-hydrogen) atoms. The van der Waals surface area contributed by atoms with Crippen molar-refractivity contribution in [1.82, 2.24) is 14.9 Å². The summed E-state index contributed by atoms with van der Waals surface area (Å²) in [5, 5.41) is 3.54. The van der Waals surface area contributed by atoms with E-state index in [1.807, 2.05) is 18.7 Å². The van der Waals surface area contributed by atoms with Gasteiger partial charge in [0, 0.05) is 25.5 Å². The molecule has 1 fully saturated rings. The van der Waals surface area contributed by atoms with Crippen LogP contribution < -0.4 is 5.32 Å². The number of imidazole rings is 1. The first-order valence-electron chi connectivity index (χ1n) is 7.67. The molecule has 2 aromatic rings. The van der Waals surface area contributed by atoms with Crippen molar-refractivity contribution in [2.45, 2.75) is 44.7 Å². The van der Waals surface area contributed by atoms with Crippen LogP contribution in [0.25, 0.3) is 0 Å². The quantitative estimate of drug-likeness (QED) is 0.745. The van der Waals surface area contributed by atoms with E-state index in [9.17, 15) is 0 Å². The van der Waals surface area contributed by atoms with Gasteiger partial charge in [-0.3, -0.25) is 0 Å². The summed E-state index contributed by atoms with van der Waals surface area (Å²) in [7, 11) is 0. The van der Waals surface area contributed by atoms with Crippen LogP contribution in [0.5, 0.6) is 0 Å². The Morgan fingerprint density at radius 1 is 1.25 bits per heavy atom. The van der Waals surface area contributed by atoms with E-state index in [2.05, 4.69) is 39.1 Å². The molecule has 106 valence electrons. The summed E-state index contributed by atoms with van der Waals surface area (Å²) in [5.41, 5.74) is 2.95. The van der Waals surface area contributed by atoms with Gasteiger partial charge in [-0.2, -0.15) is 0 Å². The molecule has 0 unspecified atom stereocenters. The van der Waals surface area contributed by atoms with Crippen LogP contribution in [-0.2, 0) is 13.1 Å². The SMILES string of the molecule is c1cc(CNCCCCn2ccnc2)cc(C2CC2)c1. The van der Waals surface area contributed by atoms with Crippen LogP contribution in [0.1, 0.15) is 42.7 Å². The van der Waals surface area contributed by atoms with Crippen molar-refractivity contribution in [1.29, 1.82) is 0 Å². The molecule has 1 aliphatic rings. The molecule has 0 atom stereocenters. The summed E-state index contributed by atoms with van der Waals surface area (Å²) in [4.78, 5) is 4.05. The monoisotopic (exact) mass is 269 g/mol. The minimum absolute atomic E-state index is 0.852. The molecule has 3 rings (SSSR count). The van der Waals surface area contributed by atoms with E-state index in [1.165, 1.54) is 36.8 Å². The van der Waals surface area contributed by atoms with Crippen molar-refractivity contribution in [2.24, 2.45) is 0 Å². The van der Waals surface area contributed by atoms with E-state index in [-0.39, 0.29) is 0 Å².